The van der Waals surface area contributed by atoms with E-state index in [2.05, 4.69) is 22.2 Å². The van der Waals surface area contributed by atoms with E-state index >= 15 is 0 Å². The molecule has 1 aromatic rings. The Morgan fingerprint density at radius 3 is 2.18 bits per heavy atom. The Morgan fingerprint density at radius 2 is 1.57 bits per heavy atom. The van der Waals surface area contributed by atoms with E-state index in [1.165, 1.54) is 0 Å². The molecule has 44 heavy (non-hydrogen) atoms. The van der Waals surface area contributed by atoms with Crippen LogP contribution in [0.2, 0.25) is 0 Å². The number of nitrogens with one attached hydrogen (secondary N) is 3. The zero-order valence-corrected chi connectivity index (χ0v) is 26.9. The fourth-order valence-electron chi connectivity index (χ4n) is 5.99. The molecule has 0 aromatic heterocycles. The summed E-state index contributed by atoms with van der Waals surface area (Å²) in [5.41, 5.74) is 6.98. The van der Waals surface area contributed by atoms with Crippen molar-refractivity contribution in [2.75, 3.05) is 58.6 Å². The van der Waals surface area contributed by atoms with Gasteiger partial charge in [0.25, 0.3) is 0 Å². The van der Waals surface area contributed by atoms with Crippen molar-refractivity contribution in [1.82, 2.24) is 30.7 Å². The average molecular weight is 630 g/mol. The predicted molar refractivity (Wildman–Crippen MR) is 170 cm³/mol. The molecule has 0 aliphatic carbocycles. The van der Waals surface area contributed by atoms with Crippen molar-refractivity contribution >= 4 is 41.4 Å². The number of carbonyl (C=O) groups is 5. The van der Waals surface area contributed by atoms with Crippen LogP contribution in [0.25, 0.3) is 0 Å². The third-order valence-electron chi connectivity index (χ3n) is 8.78. The third-order valence-corrected chi connectivity index (χ3v) is 9.75. The first-order valence-corrected chi connectivity index (χ1v) is 16.8. The first-order chi connectivity index (χ1) is 21.0. The fraction of sp³-hybridized carbons (Fsp3) is 0.645. The summed E-state index contributed by atoms with van der Waals surface area (Å²) >= 11 is 1.80. The molecule has 242 valence electrons. The number of hydrogen-bond donors (Lipinski definition) is 4. The van der Waals surface area contributed by atoms with Crippen LogP contribution < -0.4 is 21.7 Å². The van der Waals surface area contributed by atoms with Crippen molar-refractivity contribution in [3.05, 3.63) is 35.9 Å². The topological polar surface area (TPSA) is 157 Å². The number of likely N-dealkylation sites (tertiary alicyclic amines) is 3. The molecule has 0 saturated carbocycles. The molecule has 0 bridgehead atoms. The van der Waals surface area contributed by atoms with Crippen molar-refractivity contribution in [3.63, 3.8) is 0 Å². The van der Waals surface area contributed by atoms with E-state index < -0.39 is 29.8 Å². The number of amides is 6. The summed E-state index contributed by atoms with van der Waals surface area (Å²) < 4.78 is 0. The number of nitrogens with two attached hydrogens (primary N) is 1. The van der Waals surface area contributed by atoms with Crippen LogP contribution in [0.15, 0.2) is 30.3 Å². The predicted octanol–water partition coefficient (Wildman–Crippen LogP) is 0.411. The first kappa shape index (κ1) is 33.6. The van der Waals surface area contributed by atoms with Gasteiger partial charge in [-0.15, -0.1) is 0 Å². The summed E-state index contributed by atoms with van der Waals surface area (Å²) in [5.74, 6) is -1.47. The highest BCUT2D eigenvalue weighted by atomic mass is 32.2. The van der Waals surface area contributed by atoms with Gasteiger partial charge in [0.15, 0.2) is 0 Å². The summed E-state index contributed by atoms with van der Waals surface area (Å²) in [7, 11) is 0. The zero-order valence-electron chi connectivity index (χ0n) is 26.0. The standard InChI is InChI=1S/C31H47N7O5S/c1-21(2)13-25(35-26(39)15-33-28(41)24(32)14-22-7-5-4-6-8-22)29(42)34-16-27(40)36-11-9-31(10-12-36)19-38(20-31)30(43)37-17-23(18-37)44-3/h4-8,21,23-25H,9-20,32H2,1-3H3,(H,33,41)(H,34,42)(H,35,39). The minimum absolute atomic E-state index is 0.0764. The Kier molecular flexibility index (Phi) is 11.5. The second-order valence-electron chi connectivity index (χ2n) is 12.8. The highest BCUT2D eigenvalue weighted by molar-refractivity contribution is 7.99. The van der Waals surface area contributed by atoms with Crippen LogP contribution in [0.3, 0.4) is 0 Å². The number of hydrogen-bond acceptors (Lipinski definition) is 7. The van der Waals surface area contributed by atoms with Gasteiger partial charge in [-0.25, -0.2) is 4.79 Å². The molecule has 1 spiro atoms. The smallest absolute Gasteiger partial charge is 0.320 e. The molecule has 1 aromatic carbocycles. The van der Waals surface area contributed by atoms with Gasteiger partial charge in [-0.1, -0.05) is 44.2 Å². The van der Waals surface area contributed by atoms with E-state index in [1.54, 1.807) is 16.7 Å². The van der Waals surface area contributed by atoms with Crippen LogP contribution in [0, 0.1) is 11.3 Å². The molecule has 5 N–H and O–H groups in total. The van der Waals surface area contributed by atoms with Crippen LogP contribution in [-0.4, -0.2) is 120 Å². The van der Waals surface area contributed by atoms with Crippen LogP contribution in [0.1, 0.15) is 38.7 Å². The summed E-state index contributed by atoms with van der Waals surface area (Å²) in [4.78, 5) is 69.1. The van der Waals surface area contributed by atoms with Gasteiger partial charge in [0.2, 0.25) is 23.6 Å². The average Bonchev–Trinajstić information content (AvgIpc) is 2.96. The van der Waals surface area contributed by atoms with Gasteiger partial charge < -0.3 is 36.4 Å². The molecule has 3 saturated heterocycles. The minimum Gasteiger partial charge on any atom is -0.346 e. The maximum atomic E-state index is 13.0. The second kappa shape index (κ2) is 15.1. The Labute approximate surface area is 264 Å². The van der Waals surface area contributed by atoms with Gasteiger partial charge in [0.05, 0.1) is 19.1 Å². The van der Waals surface area contributed by atoms with E-state index in [0.717, 1.165) is 44.6 Å². The molecule has 3 aliphatic rings. The highest BCUT2D eigenvalue weighted by Gasteiger charge is 2.49. The summed E-state index contributed by atoms with van der Waals surface area (Å²) in [5, 5.41) is 8.47. The fourth-order valence-corrected chi connectivity index (χ4v) is 6.65. The van der Waals surface area contributed by atoms with Crippen molar-refractivity contribution in [2.24, 2.45) is 17.1 Å². The van der Waals surface area contributed by atoms with Crippen molar-refractivity contribution in [2.45, 2.75) is 56.9 Å². The number of urea groups is 1. The lowest BCUT2D eigenvalue weighted by Crippen LogP contribution is -2.67. The molecule has 2 unspecified atom stereocenters. The highest BCUT2D eigenvalue weighted by Crippen LogP contribution is 2.41. The first-order valence-electron chi connectivity index (χ1n) is 15.5. The number of thioether (sulfide) groups is 1. The molecule has 0 radical (unpaired) electrons. The number of carbonyl (C=O) groups excluding carboxylic acids is 5. The molecular weight excluding hydrogens is 582 g/mol. The van der Waals surface area contributed by atoms with Gasteiger partial charge in [-0.2, -0.15) is 11.8 Å². The van der Waals surface area contributed by atoms with E-state index in [1.807, 2.05) is 54.0 Å². The molecular formula is C31H47N7O5S. The van der Waals surface area contributed by atoms with Gasteiger partial charge in [-0.05, 0) is 43.4 Å². The largest absolute Gasteiger partial charge is 0.346 e. The lowest BCUT2D eigenvalue weighted by Gasteiger charge is -2.55. The van der Waals surface area contributed by atoms with Crippen molar-refractivity contribution < 1.29 is 24.0 Å². The number of benzene rings is 1. The Hall–Kier alpha value is -3.32. The second-order valence-corrected chi connectivity index (χ2v) is 13.9. The van der Waals surface area contributed by atoms with Gasteiger partial charge in [0.1, 0.15) is 6.04 Å². The van der Waals surface area contributed by atoms with Gasteiger partial charge in [-0.3, -0.25) is 19.2 Å². The molecule has 3 heterocycles. The molecule has 6 amide bonds. The van der Waals surface area contributed by atoms with Gasteiger partial charge >= 0.3 is 6.03 Å². The van der Waals surface area contributed by atoms with E-state index in [0.29, 0.717) is 31.2 Å². The molecule has 4 rings (SSSR count). The zero-order chi connectivity index (χ0) is 31.9. The number of rotatable bonds is 12. The Morgan fingerprint density at radius 1 is 0.932 bits per heavy atom. The van der Waals surface area contributed by atoms with E-state index in [-0.39, 0.29) is 36.4 Å². The quantitative estimate of drug-likeness (QED) is 0.261. The maximum absolute atomic E-state index is 13.0. The lowest BCUT2D eigenvalue weighted by atomic mass is 9.72. The molecule has 3 fully saturated rings. The number of nitrogens with zero attached hydrogens (tertiary/aromatic N) is 3. The Balaban J connectivity index is 1.15. The maximum Gasteiger partial charge on any atom is 0.320 e. The number of piperidine rings is 1. The summed E-state index contributed by atoms with van der Waals surface area (Å²) in [6.45, 7) is 7.70. The molecule has 3 aliphatic heterocycles. The SMILES string of the molecule is CSC1CN(C(=O)N2CC3(CCN(C(=O)CNC(=O)C(CC(C)C)NC(=O)CNC(=O)C(N)Cc4ccccc4)CC3)C2)C1. The lowest BCUT2D eigenvalue weighted by molar-refractivity contribution is -0.137. The van der Waals surface area contributed by atoms with E-state index in [4.69, 9.17) is 5.73 Å². The third kappa shape index (κ3) is 8.87. The molecule has 2 atom stereocenters. The molecule has 12 nitrogen and oxygen atoms in total. The monoisotopic (exact) mass is 629 g/mol. The van der Waals surface area contributed by atoms with Crippen molar-refractivity contribution in [1.29, 1.82) is 0 Å². The normalized spacial score (nSPS) is 19.1. The van der Waals surface area contributed by atoms with Crippen LogP contribution >= 0.6 is 11.8 Å². The molecule has 13 heteroatoms. The van der Waals surface area contributed by atoms with Crippen LogP contribution in [0.5, 0.6) is 0 Å². The summed E-state index contributed by atoms with van der Waals surface area (Å²) in [6.07, 6.45) is 4.45. The van der Waals surface area contributed by atoms with Crippen molar-refractivity contribution in [3.8, 4) is 0 Å². The van der Waals surface area contributed by atoms with E-state index in [9.17, 15) is 24.0 Å². The van der Waals surface area contributed by atoms with Gasteiger partial charge in [0, 0.05) is 49.9 Å². The van der Waals surface area contributed by atoms with Crippen LogP contribution in [0.4, 0.5) is 4.79 Å². The van der Waals surface area contributed by atoms with Crippen LogP contribution in [-0.2, 0) is 25.6 Å². The summed E-state index contributed by atoms with van der Waals surface area (Å²) in [6, 6.07) is 7.84. The minimum atomic E-state index is -0.842. The Bertz CT molecular complexity index is 1180.